The van der Waals surface area contributed by atoms with Gasteiger partial charge in [0.25, 0.3) is 5.19 Å². The molecule has 0 aliphatic carbocycles. The fourth-order valence-corrected chi connectivity index (χ4v) is 3.22. The molecule has 3 rings (SSSR count). The summed E-state index contributed by atoms with van der Waals surface area (Å²) < 4.78 is 43.4. The Kier molecular flexibility index (Phi) is 5.19. The largest absolute Gasteiger partial charge is 0.478 e. The maximum atomic E-state index is 12.6. The van der Waals surface area contributed by atoms with Crippen LogP contribution in [-0.4, -0.2) is 21.8 Å². The first-order valence-electron chi connectivity index (χ1n) is 7.86. The van der Waals surface area contributed by atoms with Crippen LogP contribution in [0.2, 0.25) is 0 Å². The molecule has 0 bridgehead atoms. The zero-order valence-corrected chi connectivity index (χ0v) is 15.1. The maximum Gasteiger partial charge on any atom is 0.416 e. The zero-order chi connectivity index (χ0) is 20.5. The molecule has 1 heterocycles. The average Bonchev–Trinajstić information content (AvgIpc) is 3.05. The lowest BCUT2D eigenvalue weighted by Crippen LogP contribution is -2.03. The summed E-state index contributed by atoms with van der Waals surface area (Å²) in [5.74, 6) is -1.20. The highest BCUT2D eigenvalue weighted by Gasteiger charge is 2.30. The van der Waals surface area contributed by atoms with Gasteiger partial charge in [-0.3, -0.25) is 4.79 Å². The molecule has 0 unspecified atom stereocenters. The lowest BCUT2D eigenvalue weighted by Gasteiger charge is -2.07. The van der Waals surface area contributed by atoms with E-state index in [0.29, 0.717) is 16.1 Å². The van der Waals surface area contributed by atoms with Crippen molar-refractivity contribution in [2.45, 2.75) is 13.1 Å². The highest BCUT2D eigenvalue weighted by molar-refractivity contribution is 7.15. The minimum atomic E-state index is -4.45. The van der Waals surface area contributed by atoms with Crippen LogP contribution >= 0.6 is 11.3 Å². The minimum absolute atomic E-state index is 0.0854. The predicted octanol–water partition coefficient (Wildman–Crippen LogP) is 5.52. The monoisotopic (exact) mass is 407 g/mol. The van der Waals surface area contributed by atoms with Crippen molar-refractivity contribution in [3.63, 3.8) is 0 Å². The average molecular weight is 407 g/mol. The van der Waals surface area contributed by atoms with Crippen LogP contribution in [0.15, 0.2) is 48.5 Å². The number of carboxylic acid groups (broad SMARTS) is 1. The Morgan fingerprint density at radius 2 is 1.64 bits per heavy atom. The fraction of sp³-hybridized carbons (Fsp3) is 0.105. The van der Waals surface area contributed by atoms with E-state index in [1.54, 1.807) is 0 Å². The molecule has 0 saturated heterocycles. The van der Waals surface area contributed by atoms with E-state index in [0.717, 1.165) is 23.5 Å². The number of benzene rings is 2. The van der Waals surface area contributed by atoms with Gasteiger partial charge in [0.2, 0.25) is 0 Å². The summed E-state index contributed by atoms with van der Waals surface area (Å²) in [6.45, 7) is 1.35. The van der Waals surface area contributed by atoms with Crippen LogP contribution in [0.4, 0.5) is 13.2 Å². The van der Waals surface area contributed by atoms with Gasteiger partial charge < -0.3 is 9.84 Å². The third kappa shape index (κ3) is 4.20. The quantitative estimate of drug-likeness (QED) is 0.564. The molecule has 3 aromatic rings. The summed E-state index contributed by atoms with van der Waals surface area (Å²) in [7, 11) is 0. The van der Waals surface area contributed by atoms with E-state index in [1.165, 1.54) is 43.3 Å². The van der Waals surface area contributed by atoms with Crippen molar-refractivity contribution >= 4 is 23.1 Å². The highest BCUT2D eigenvalue weighted by atomic mass is 32.1. The summed E-state index contributed by atoms with van der Waals surface area (Å²) >= 11 is 0.956. The lowest BCUT2D eigenvalue weighted by atomic mass is 10.1. The first-order valence-corrected chi connectivity index (χ1v) is 8.67. The number of carboxylic acids is 1. The van der Waals surface area contributed by atoms with Crippen LogP contribution in [-0.2, 0) is 6.18 Å². The molecule has 0 spiro atoms. The number of hydrogen-bond donors (Lipinski definition) is 1. The molecular formula is C19H12F3NO4S. The Hall–Kier alpha value is -3.20. The number of ketones is 1. The Morgan fingerprint density at radius 1 is 1.04 bits per heavy atom. The molecule has 1 N–H and O–H groups in total. The number of hydrogen-bond acceptors (Lipinski definition) is 5. The molecular weight excluding hydrogens is 395 g/mol. The highest BCUT2D eigenvalue weighted by Crippen LogP contribution is 2.36. The van der Waals surface area contributed by atoms with Gasteiger partial charge in [0.15, 0.2) is 5.78 Å². The molecule has 0 radical (unpaired) electrons. The first-order chi connectivity index (χ1) is 13.1. The second kappa shape index (κ2) is 7.43. The second-order valence-corrected chi connectivity index (χ2v) is 6.68. The zero-order valence-electron chi connectivity index (χ0n) is 14.3. The molecule has 0 aliphatic rings. The SMILES string of the molecule is CC(=O)c1sc(Oc2ccc(C(F)(F)F)cc2)nc1-c1ccc(C(=O)O)cc1. The standard InChI is InChI=1S/C19H12F3NO4S/c1-10(24)16-15(11-2-4-12(5-3-11)17(25)26)23-18(28-16)27-14-8-6-13(7-9-14)19(20,21)22/h2-9H,1H3,(H,25,26). The van der Waals surface area contributed by atoms with Gasteiger partial charge in [-0.05, 0) is 36.4 Å². The number of carbonyl (C=O) groups is 2. The number of halogens is 3. The summed E-state index contributed by atoms with van der Waals surface area (Å²) in [6.07, 6.45) is -4.45. The van der Waals surface area contributed by atoms with Gasteiger partial charge in [-0.2, -0.15) is 13.2 Å². The lowest BCUT2D eigenvalue weighted by molar-refractivity contribution is -0.137. The van der Waals surface area contributed by atoms with Gasteiger partial charge in [-0.1, -0.05) is 23.5 Å². The summed E-state index contributed by atoms with van der Waals surface area (Å²) in [5, 5.41) is 9.05. The summed E-state index contributed by atoms with van der Waals surface area (Å²) in [5.41, 5.74) is 0.122. The number of thiazole rings is 1. The third-order valence-corrected chi connectivity index (χ3v) is 4.75. The molecule has 0 saturated carbocycles. The third-order valence-electron chi connectivity index (χ3n) is 3.72. The van der Waals surface area contributed by atoms with Crippen molar-refractivity contribution in [1.82, 2.24) is 4.98 Å². The summed E-state index contributed by atoms with van der Waals surface area (Å²) in [6, 6.07) is 9.92. The Morgan fingerprint density at radius 3 is 2.14 bits per heavy atom. The van der Waals surface area contributed by atoms with Crippen LogP contribution in [0.5, 0.6) is 10.9 Å². The van der Waals surface area contributed by atoms with E-state index in [4.69, 9.17) is 9.84 Å². The number of alkyl halides is 3. The molecule has 2 aromatic carbocycles. The molecule has 28 heavy (non-hydrogen) atoms. The number of rotatable bonds is 5. The van der Waals surface area contributed by atoms with Crippen LogP contribution in [0.3, 0.4) is 0 Å². The van der Waals surface area contributed by atoms with E-state index < -0.39 is 17.7 Å². The van der Waals surface area contributed by atoms with Gasteiger partial charge in [-0.25, -0.2) is 9.78 Å². The number of aromatic nitrogens is 1. The van der Waals surface area contributed by atoms with Gasteiger partial charge in [-0.15, -0.1) is 0 Å². The van der Waals surface area contributed by atoms with E-state index in [2.05, 4.69) is 4.98 Å². The van der Waals surface area contributed by atoms with Gasteiger partial charge in [0, 0.05) is 12.5 Å². The van der Waals surface area contributed by atoms with E-state index in [-0.39, 0.29) is 22.3 Å². The number of Topliss-reactive ketones (excluding diaryl/α,β-unsaturated/α-hetero) is 1. The van der Waals surface area contributed by atoms with Crippen molar-refractivity contribution in [2.24, 2.45) is 0 Å². The second-order valence-electron chi connectivity index (χ2n) is 5.72. The van der Waals surface area contributed by atoms with Crippen LogP contribution in [0.1, 0.15) is 32.5 Å². The Bertz CT molecular complexity index is 1020. The molecule has 1 aromatic heterocycles. The molecule has 0 fully saturated rings. The molecule has 0 amide bonds. The molecule has 5 nitrogen and oxygen atoms in total. The number of ether oxygens (including phenoxy) is 1. The van der Waals surface area contributed by atoms with Crippen molar-refractivity contribution in [3.05, 3.63) is 64.5 Å². The van der Waals surface area contributed by atoms with Gasteiger partial charge in [0.1, 0.15) is 10.6 Å². The van der Waals surface area contributed by atoms with Gasteiger partial charge in [0.05, 0.1) is 16.8 Å². The Balaban J connectivity index is 1.90. The molecule has 9 heteroatoms. The number of aromatic carboxylic acids is 1. The summed E-state index contributed by atoms with van der Waals surface area (Å²) in [4.78, 5) is 27.4. The first kappa shape index (κ1) is 19.6. The molecule has 0 aliphatic heterocycles. The predicted molar refractivity (Wildman–Crippen MR) is 96.0 cm³/mol. The van der Waals surface area contributed by atoms with E-state index in [1.807, 2.05) is 0 Å². The van der Waals surface area contributed by atoms with Crippen LogP contribution in [0.25, 0.3) is 11.3 Å². The number of nitrogens with zero attached hydrogens (tertiary/aromatic N) is 1. The smallest absolute Gasteiger partial charge is 0.416 e. The molecule has 0 atom stereocenters. The van der Waals surface area contributed by atoms with Crippen molar-refractivity contribution in [3.8, 4) is 22.2 Å². The van der Waals surface area contributed by atoms with Gasteiger partial charge >= 0.3 is 12.1 Å². The van der Waals surface area contributed by atoms with Crippen molar-refractivity contribution in [2.75, 3.05) is 0 Å². The van der Waals surface area contributed by atoms with E-state index in [9.17, 15) is 22.8 Å². The number of carbonyl (C=O) groups excluding carboxylic acids is 1. The van der Waals surface area contributed by atoms with Crippen LogP contribution < -0.4 is 4.74 Å². The topological polar surface area (TPSA) is 76.5 Å². The minimum Gasteiger partial charge on any atom is -0.478 e. The fourth-order valence-electron chi connectivity index (χ4n) is 2.36. The van der Waals surface area contributed by atoms with E-state index >= 15 is 0 Å². The van der Waals surface area contributed by atoms with Crippen LogP contribution in [0, 0.1) is 0 Å². The van der Waals surface area contributed by atoms with Crippen molar-refractivity contribution < 1.29 is 32.6 Å². The van der Waals surface area contributed by atoms with Crippen molar-refractivity contribution in [1.29, 1.82) is 0 Å². The maximum absolute atomic E-state index is 12.6. The Labute approximate surface area is 161 Å². The normalized spacial score (nSPS) is 11.3. The molecule has 144 valence electrons.